The van der Waals surface area contributed by atoms with Crippen LogP contribution < -0.4 is 0 Å². The predicted octanol–water partition coefficient (Wildman–Crippen LogP) is 1.99. The summed E-state index contributed by atoms with van der Waals surface area (Å²) in [7, 11) is 0. The first kappa shape index (κ1) is 14.0. The summed E-state index contributed by atoms with van der Waals surface area (Å²) in [5.41, 5.74) is -0.386. The van der Waals surface area contributed by atoms with E-state index in [0.717, 1.165) is 25.9 Å². The molecule has 1 fully saturated rings. The fourth-order valence-corrected chi connectivity index (χ4v) is 2.63. The summed E-state index contributed by atoms with van der Waals surface area (Å²) in [4.78, 5) is 25.2. The van der Waals surface area contributed by atoms with Crippen molar-refractivity contribution in [2.24, 2.45) is 17.3 Å². The molecule has 98 valence electrons. The minimum absolute atomic E-state index is 0.0195. The van der Waals surface area contributed by atoms with E-state index in [9.17, 15) is 9.59 Å². The van der Waals surface area contributed by atoms with Gasteiger partial charge in [0.1, 0.15) is 0 Å². The average Bonchev–Trinajstić information content (AvgIpc) is 2.80. The molecule has 0 unspecified atom stereocenters. The van der Waals surface area contributed by atoms with Gasteiger partial charge in [-0.2, -0.15) is 0 Å². The maximum atomic E-state index is 12.3. The Hall–Kier alpha value is -1.06. The van der Waals surface area contributed by atoms with Gasteiger partial charge in [0.2, 0.25) is 5.91 Å². The average molecular weight is 241 g/mol. The van der Waals surface area contributed by atoms with Gasteiger partial charge >= 0.3 is 5.97 Å². The van der Waals surface area contributed by atoms with Gasteiger partial charge in [0.15, 0.2) is 0 Å². The SMILES string of the molecule is CCCN(CCC)C(=O)[C@H]1[C@@H](C(=O)O)C1(C)C. The molecule has 1 N–H and O–H groups in total. The lowest BCUT2D eigenvalue weighted by atomic mass is 10.1. The second-order valence-corrected chi connectivity index (χ2v) is 5.44. The lowest BCUT2D eigenvalue weighted by Crippen LogP contribution is -2.35. The van der Waals surface area contributed by atoms with Crippen molar-refractivity contribution >= 4 is 11.9 Å². The number of carboxylic acids is 1. The summed E-state index contributed by atoms with van der Waals surface area (Å²) >= 11 is 0. The topological polar surface area (TPSA) is 57.6 Å². The number of carboxylic acid groups (broad SMARTS) is 1. The van der Waals surface area contributed by atoms with E-state index in [0.29, 0.717) is 0 Å². The first-order chi connectivity index (χ1) is 7.87. The smallest absolute Gasteiger partial charge is 0.307 e. The number of amides is 1. The third-order valence-corrected chi connectivity index (χ3v) is 3.66. The second kappa shape index (κ2) is 5.07. The van der Waals surface area contributed by atoms with Crippen molar-refractivity contribution in [1.82, 2.24) is 4.90 Å². The Bertz CT molecular complexity index is 306. The van der Waals surface area contributed by atoms with Crippen LogP contribution in [-0.4, -0.2) is 35.0 Å². The first-order valence-electron chi connectivity index (χ1n) is 6.39. The van der Waals surface area contributed by atoms with Crippen LogP contribution in [0.15, 0.2) is 0 Å². The van der Waals surface area contributed by atoms with E-state index >= 15 is 0 Å². The molecule has 0 saturated heterocycles. The zero-order valence-corrected chi connectivity index (χ0v) is 11.2. The van der Waals surface area contributed by atoms with Crippen LogP contribution in [-0.2, 0) is 9.59 Å². The predicted molar refractivity (Wildman–Crippen MR) is 65.6 cm³/mol. The number of aliphatic carboxylic acids is 1. The summed E-state index contributed by atoms with van der Waals surface area (Å²) < 4.78 is 0. The fourth-order valence-electron chi connectivity index (χ4n) is 2.63. The van der Waals surface area contributed by atoms with Crippen LogP contribution in [0.25, 0.3) is 0 Å². The summed E-state index contributed by atoms with van der Waals surface area (Å²) in [6, 6.07) is 0. The lowest BCUT2D eigenvalue weighted by molar-refractivity contribution is -0.142. The van der Waals surface area contributed by atoms with Gasteiger partial charge in [0, 0.05) is 13.1 Å². The molecule has 0 spiro atoms. The van der Waals surface area contributed by atoms with E-state index in [1.807, 2.05) is 32.6 Å². The molecule has 1 aliphatic rings. The first-order valence-corrected chi connectivity index (χ1v) is 6.39. The van der Waals surface area contributed by atoms with Crippen molar-refractivity contribution in [3.05, 3.63) is 0 Å². The Balaban J connectivity index is 2.72. The molecule has 0 bridgehead atoms. The molecule has 0 aromatic rings. The van der Waals surface area contributed by atoms with Crippen molar-refractivity contribution in [1.29, 1.82) is 0 Å². The van der Waals surface area contributed by atoms with Gasteiger partial charge in [-0.25, -0.2) is 0 Å². The van der Waals surface area contributed by atoms with E-state index in [4.69, 9.17) is 5.11 Å². The molecule has 1 amide bonds. The second-order valence-electron chi connectivity index (χ2n) is 5.44. The maximum Gasteiger partial charge on any atom is 0.307 e. The zero-order valence-electron chi connectivity index (χ0n) is 11.2. The minimum Gasteiger partial charge on any atom is -0.481 e. The molecular formula is C13H23NO3. The Labute approximate surface area is 103 Å². The highest BCUT2D eigenvalue weighted by Crippen LogP contribution is 2.59. The van der Waals surface area contributed by atoms with Crippen LogP contribution in [0, 0.1) is 17.3 Å². The van der Waals surface area contributed by atoms with E-state index in [1.54, 1.807) is 0 Å². The van der Waals surface area contributed by atoms with Gasteiger partial charge in [-0.15, -0.1) is 0 Å². The molecule has 2 atom stereocenters. The van der Waals surface area contributed by atoms with Crippen molar-refractivity contribution < 1.29 is 14.7 Å². The van der Waals surface area contributed by atoms with Crippen LogP contribution in [0.1, 0.15) is 40.5 Å². The molecule has 1 rings (SSSR count). The van der Waals surface area contributed by atoms with Gasteiger partial charge in [-0.1, -0.05) is 27.7 Å². The normalized spacial score (nSPS) is 25.4. The Morgan fingerprint density at radius 2 is 1.59 bits per heavy atom. The molecule has 0 aromatic heterocycles. The monoisotopic (exact) mass is 241 g/mol. The molecule has 0 radical (unpaired) electrons. The third-order valence-electron chi connectivity index (χ3n) is 3.66. The van der Waals surface area contributed by atoms with Gasteiger partial charge in [0.05, 0.1) is 11.8 Å². The lowest BCUT2D eigenvalue weighted by Gasteiger charge is -2.22. The molecule has 4 nitrogen and oxygen atoms in total. The van der Waals surface area contributed by atoms with Gasteiger partial charge < -0.3 is 10.0 Å². The fraction of sp³-hybridized carbons (Fsp3) is 0.846. The summed E-state index contributed by atoms with van der Waals surface area (Å²) in [6.07, 6.45) is 1.83. The summed E-state index contributed by atoms with van der Waals surface area (Å²) in [6.45, 7) is 9.25. The summed E-state index contributed by atoms with van der Waals surface area (Å²) in [5.74, 6) is -1.67. The number of hydrogen-bond donors (Lipinski definition) is 1. The zero-order chi connectivity index (χ0) is 13.2. The molecule has 1 saturated carbocycles. The van der Waals surface area contributed by atoms with Crippen molar-refractivity contribution in [2.75, 3.05) is 13.1 Å². The van der Waals surface area contributed by atoms with Gasteiger partial charge in [-0.3, -0.25) is 9.59 Å². The number of rotatable bonds is 6. The number of hydrogen-bond acceptors (Lipinski definition) is 2. The van der Waals surface area contributed by atoms with Crippen LogP contribution in [0.2, 0.25) is 0 Å². The van der Waals surface area contributed by atoms with Crippen LogP contribution in [0.4, 0.5) is 0 Å². The van der Waals surface area contributed by atoms with E-state index in [2.05, 4.69) is 0 Å². The van der Waals surface area contributed by atoms with E-state index in [-0.39, 0.29) is 17.2 Å². The van der Waals surface area contributed by atoms with Crippen LogP contribution in [0.3, 0.4) is 0 Å². The van der Waals surface area contributed by atoms with Crippen LogP contribution in [0.5, 0.6) is 0 Å². The molecular weight excluding hydrogens is 218 g/mol. The highest BCUT2D eigenvalue weighted by molar-refractivity contribution is 5.91. The largest absolute Gasteiger partial charge is 0.481 e. The highest BCUT2D eigenvalue weighted by Gasteiger charge is 2.66. The quantitative estimate of drug-likeness (QED) is 0.773. The Morgan fingerprint density at radius 1 is 1.12 bits per heavy atom. The molecule has 17 heavy (non-hydrogen) atoms. The van der Waals surface area contributed by atoms with Crippen molar-refractivity contribution in [3.8, 4) is 0 Å². The Kier molecular flexibility index (Phi) is 4.17. The maximum absolute atomic E-state index is 12.3. The molecule has 0 aromatic carbocycles. The molecule has 0 aliphatic heterocycles. The number of carbonyl (C=O) groups is 2. The van der Waals surface area contributed by atoms with Crippen molar-refractivity contribution in [2.45, 2.75) is 40.5 Å². The van der Waals surface area contributed by atoms with Gasteiger partial charge in [0.25, 0.3) is 0 Å². The number of carbonyl (C=O) groups excluding carboxylic acids is 1. The van der Waals surface area contributed by atoms with Crippen molar-refractivity contribution in [3.63, 3.8) is 0 Å². The van der Waals surface area contributed by atoms with Crippen LogP contribution >= 0.6 is 0 Å². The number of nitrogens with zero attached hydrogens (tertiary/aromatic N) is 1. The van der Waals surface area contributed by atoms with E-state index < -0.39 is 11.9 Å². The summed E-state index contributed by atoms with van der Waals surface area (Å²) in [5, 5.41) is 9.08. The third kappa shape index (κ3) is 2.61. The molecule has 0 heterocycles. The minimum atomic E-state index is -0.846. The standard InChI is InChI=1S/C13H23NO3/c1-5-7-14(8-6-2)11(15)9-10(12(16)17)13(9,3)4/h9-10H,5-8H2,1-4H3,(H,16,17)/t9-,10+/m1/s1. The van der Waals surface area contributed by atoms with E-state index in [1.165, 1.54) is 0 Å². The highest BCUT2D eigenvalue weighted by atomic mass is 16.4. The Morgan fingerprint density at radius 3 is 1.88 bits per heavy atom. The molecule has 1 aliphatic carbocycles. The van der Waals surface area contributed by atoms with Gasteiger partial charge in [-0.05, 0) is 18.3 Å². The molecule has 4 heteroatoms.